The van der Waals surface area contributed by atoms with Gasteiger partial charge in [-0.1, -0.05) is 5.16 Å². The first kappa shape index (κ1) is 18.7. The van der Waals surface area contributed by atoms with Gasteiger partial charge in [0.2, 0.25) is 0 Å². The number of carbonyl (C=O) groups excluding carboxylic acids is 2. The van der Waals surface area contributed by atoms with Crippen LogP contribution in [-0.4, -0.2) is 90.0 Å². The molecule has 2 atom stereocenters. The molecule has 0 radical (unpaired) electrons. The first-order chi connectivity index (χ1) is 12.3. The number of hydrogen-bond acceptors (Lipinski definition) is 6. The average Bonchev–Trinajstić information content (AvgIpc) is 3.16. The van der Waals surface area contributed by atoms with Crippen molar-refractivity contribution in [1.82, 2.24) is 19.9 Å². The lowest BCUT2D eigenvalue weighted by molar-refractivity contribution is 0.0368. The summed E-state index contributed by atoms with van der Waals surface area (Å²) >= 11 is 0. The summed E-state index contributed by atoms with van der Waals surface area (Å²) in [4.78, 5) is 30.4. The summed E-state index contributed by atoms with van der Waals surface area (Å²) in [5, 5.41) is 3.75. The molecule has 144 valence electrons. The summed E-state index contributed by atoms with van der Waals surface area (Å²) in [5.74, 6) is -0.0997. The summed E-state index contributed by atoms with van der Waals surface area (Å²) < 4.78 is 29.5. The normalized spacial score (nSPS) is 24.4. The van der Waals surface area contributed by atoms with Gasteiger partial charge in [-0.05, 0) is 20.8 Å². The van der Waals surface area contributed by atoms with E-state index in [2.05, 4.69) is 5.16 Å². The lowest BCUT2D eigenvalue weighted by Crippen LogP contribution is -2.63. The minimum atomic E-state index is -3.33. The number of sulfone groups is 1. The van der Waals surface area contributed by atoms with Crippen LogP contribution in [0.4, 0.5) is 4.79 Å². The zero-order valence-electron chi connectivity index (χ0n) is 15.2. The molecule has 2 fully saturated rings. The molecule has 0 unspecified atom stereocenters. The van der Waals surface area contributed by atoms with E-state index in [9.17, 15) is 18.0 Å². The maximum Gasteiger partial charge on any atom is 0.320 e. The Labute approximate surface area is 152 Å². The fraction of sp³-hybridized carbons (Fsp3) is 0.688. The van der Waals surface area contributed by atoms with Crippen molar-refractivity contribution in [3.63, 3.8) is 0 Å². The number of aromatic nitrogens is 1. The van der Waals surface area contributed by atoms with Crippen molar-refractivity contribution in [2.45, 2.75) is 32.9 Å². The summed E-state index contributed by atoms with van der Waals surface area (Å²) in [5.41, 5.74) is 0.161. The molecule has 1 aromatic rings. The summed E-state index contributed by atoms with van der Waals surface area (Å²) in [6.45, 7) is 7.14. The number of piperazine rings is 1. The molecule has 2 saturated heterocycles. The molecule has 2 aliphatic rings. The van der Waals surface area contributed by atoms with Crippen LogP contribution in [-0.2, 0) is 9.84 Å². The second-order valence-electron chi connectivity index (χ2n) is 6.68. The van der Waals surface area contributed by atoms with Crippen LogP contribution in [0.5, 0.6) is 0 Å². The molecule has 0 bridgehead atoms. The lowest BCUT2D eigenvalue weighted by atomic mass is 10.0. The quantitative estimate of drug-likeness (QED) is 0.746. The first-order valence-electron chi connectivity index (χ1n) is 8.77. The molecule has 3 amide bonds. The van der Waals surface area contributed by atoms with E-state index < -0.39 is 21.9 Å². The number of urea groups is 1. The van der Waals surface area contributed by atoms with Crippen LogP contribution in [0.2, 0.25) is 0 Å². The van der Waals surface area contributed by atoms with Crippen molar-refractivity contribution >= 4 is 21.8 Å². The van der Waals surface area contributed by atoms with Crippen molar-refractivity contribution in [2.24, 2.45) is 0 Å². The molecule has 0 aromatic carbocycles. The zero-order valence-corrected chi connectivity index (χ0v) is 16.0. The maximum atomic E-state index is 12.8. The van der Waals surface area contributed by atoms with Gasteiger partial charge in [-0.2, -0.15) is 0 Å². The smallest absolute Gasteiger partial charge is 0.320 e. The molecule has 1 aromatic heterocycles. The van der Waals surface area contributed by atoms with Crippen molar-refractivity contribution in [1.29, 1.82) is 0 Å². The average molecular weight is 384 g/mol. The first-order valence-corrected chi connectivity index (χ1v) is 10.6. The highest BCUT2D eigenvalue weighted by Crippen LogP contribution is 2.29. The highest BCUT2D eigenvalue weighted by atomic mass is 32.2. The van der Waals surface area contributed by atoms with Gasteiger partial charge >= 0.3 is 6.03 Å². The second-order valence-corrected chi connectivity index (χ2v) is 8.84. The molecule has 10 heteroatoms. The van der Waals surface area contributed by atoms with Gasteiger partial charge in [-0.3, -0.25) is 4.79 Å². The molecule has 3 heterocycles. The molecule has 26 heavy (non-hydrogen) atoms. The summed E-state index contributed by atoms with van der Waals surface area (Å²) in [6.07, 6.45) is 0. The predicted octanol–water partition coefficient (Wildman–Crippen LogP) is 0.368. The van der Waals surface area contributed by atoms with Crippen LogP contribution in [0.15, 0.2) is 10.6 Å². The van der Waals surface area contributed by atoms with Crippen molar-refractivity contribution in [2.75, 3.05) is 37.7 Å². The Bertz CT molecular complexity index is 801. The Morgan fingerprint density at radius 1 is 1.19 bits per heavy atom. The maximum absolute atomic E-state index is 12.8. The monoisotopic (exact) mass is 384 g/mol. The van der Waals surface area contributed by atoms with Gasteiger partial charge in [0.25, 0.3) is 5.91 Å². The molecule has 0 spiro atoms. The number of hydrogen-bond donors (Lipinski definition) is 0. The highest BCUT2D eigenvalue weighted by Gasteiger charge is 2.50. The van der Waals surface area contributed by atoms with Crippen LogP contribution in [0.1, 0.15) is 30.1 Å². The standard InChI is InChI=1S/C16H24N4O5S/c1-4-18(5-2)16(22)20-7-6-19(13-9-26(23,24)10-14(13)20)15(21)12-8-11(3)25-17-12/h8,13-14H,4-7,9-10H2,1-3H3/t13-,14+/m0/s1. The minimum Gasteiger partial charge on any atom is -0.361 e. The Morgan fingerprint density at radius 3 is 2.31 bits per heavy atom. The van der Waals surface area contributed by atoms with E-state index in [1.165, 1.54) is 11.0 Å². The SMILES string of the molecule is CCN(CC)C(=O)N1CCN(C(=O)c2cc(C)on2)[C@H]2CS(=O)(=O)C[C@H]21. The van der Waals surface area contributed by atoms with Gasteiger partial charge in [-0.15, -0.1) is 0 Å². The molecular weight excluding hydrogens is 360 g/mol. The fourth-order valence-electron chi connectivity index (χ4n) is 3.73. The van der Waals surface area contributed by atoms with Gasteiger partial charge in [0.05, 0.1) is 23.6 Å². The number of carbonyl (C=O) groups is 2. The van der Waals surface area contributed by atoms with Gasteiger partial charge in [-0.25, -0.2) is 13.2 Å². The predicted molar refractivity (Wildman–Crippen MR) is 93.5 cm³/mol. The Balaban J connectivity index is 1.87. The van der Waals surface area contributed by atoms with Crippen molar-refractivity contribution in [3.05, 3.63) is 17.5 Å². The Morgan fingerprint density at radius 2 is 1.77 bits per heavy atom. The van der Waals surface area contributed by atoms with E-state index in [4.69, 9.17) is 4.52 Å². The molecule has 3 rings (SSSR count). The van der Waals surface area contributed by atoms with Crippen LogP contribution in [0.3, 0.4) is 0 Å². The third-order valence-corrected chi connectivity index (χ3v) is 6.76. The second kappa shape index (κ2) is 6.90. The van der Waals surface area contributed by atoms with Gasteiger partial charge in [0.15, 0.2) is 15.5 Å². The van der Waals surface area contributed by atoms with Crippen molar-refractivity contribution < 1.29 is 22.5 Å². The third-order valence-electron chi connectivity index (χ3n) is 5.06. The molecule has 0 saturated carbocycles. The lowest BCUT2D eigenvalue weighted by Gasteiger charge is -2.44. The van der Waals surface area contributed by atoms with E-state index in [0.29, 0.717) is 25.4 Å². The summed E-state index contributed by atoms with van der Waals surface area (Å²) in [7, 11) is -3.33. The molecule has 0 aliphatic carbocycles. The van der Waals surface area contributed by atoms with Crippen LogP contribution in [0, 0.1) is 6.92 Å². The third kappa shape index (κ3) is 3.29. The Kier molecular flexibility index (Phi) is 4.96. The molecular formula is C16H24N4O5S. The largest absolute Gasteiger partial charge is 0.361 e. The minimum absolute atomic E-state index is 0.119. The van der Waals surface area contributed by atoms with Crippen LogP contribution >= 0.6 is 0 Å². The fourth-order valence-corrected chi connectivity index (χ4v) is 5.71. The van der Waals surface area contributed by atoms with E-state index in [0.717, 1.165) is 0 Å². The number of amides is 3. The van der Waals surface area contributed by atoms with Gasteiger partial charge in [0.1, 0.15) is 5.76 Å². The number of rotatable bonds is 3. The van der Waals surface area contributed by atoms with Crippen molar-refractivity contribution in [3.8, 4) is 0 Å². The topological polar surface area (TPSA) is 104 Å². The van der Waals surface area contributed by atoms with Gasteiger partial charge in [0, 0.05) is 32.2 Å². The van der Waals surface area contributed by atoms with Crippen LogP contribution in [0.25, 0.3) is 0 Å². The summed E-state index contributed by atoms with van der Waals surface area (Å²) in [6, 6.07) is 0.275. The zero-order chi connectivity index (χ0) is 19.1. The van der Waals surface area contributed by atoms with E-state index >= 15 is 0 Å². The molecule has 0 N–H and O–H groups in total. The van der Waals surface area contributed by atoms with E-state index in [-0.39, 0.29) is 35.7 Å². The van der Waals surface area contributed by atoms with E-state index in [1.54, 1.807) is 16.7 Å². The number of nitrogens with zero attached hydrogens (tertiary/aromatic N) is 4. The molecule has 2 aliphatic heterocycles. The van der Waals surface area contributed by atoms with Crippen LogP contribution < -0.4 is 0 Å². The Hall–Kier alpha value is -2.10. The highest BCUT2D eigenvalue weighted by molar-refractivity contribution is 7.91. The number of aryl methyl sites for hydroxylation is 1. The van der Waals surface area contributed by atoms with Gasteiger partial charge < -0.3 is 19.2 Å². The van der Waals surface area contributed by atoms with E-state index in [1.807, 2.05) is 13.8 Å². The molecule has 9 nitrogen and oxygen atoms in total. The number of fused-ring (bicyclic) bond motifs is 1.